The van der Waals surface area contributed by atoms with Crippen molar-refractivity contribution < 1.29 is 51.5 Å². The van der Waals surface area contributed by atoms with Crippen molar-refractivity contribution in [2.45, 2.75) is 25.2 Å². The molecule has 0 aliphatic rings. The number of halogens is 6. The van der Waals surface area contributed by atoms with E-state index in [2.05, 4.69) is 8.37 Å². The highest BCUT2D eigenvalue weighted by Crippen LogP contribution is 2.21. The largest absolute Gasteiger partial charge is 0.391 e. The molecule has 0 bridgehead atoms. The molecule has 0 unspecified atom stereocenters. The standard InChI is InChI=1S/C7H10F6O6S2/c8-6(9,10)1-3-18-20(14,15)5-21(16,17)19-4-2-7(11,12)13/h1-5H2. The fourth-order valence-electron chi connectivity index (χ4n) is 0.814. The maximum atomic E-state index is 11.7. The van der Waals surface area contributed by atoms with Gasteiger partial charge in [0.25, 0.3) is 20.2 Å². The molecular formula is C7H10F6O6S2. The van der Waals surface area contributed by atoms with E-state index in [0.29, 0.717) is 0 Å². The molecule has 0 heterocycles. The first-order chi connectivity index (χ1) is 9.12. The molecule has 14 heteroatoms. The van der Waals surface area contributed by atoms with Crippen molar-refractivity contribution >= 4 is 20.2 Å². The van der Waals surface area contributed by atoms with Gasteiger partial charge in [-0.2, -0.15) is 43.2 Å². The average Bonchev–Trinajstić information content (AvgIpc) is 2.09. The molecule has 128 valence electrons. The molecule has 0 saturated heterocycles. The van der Waals surface area contributed by atoms with E-state index in [4.69, 9.17) is 0 Å². The van der Waals surface area contributed by atoms with Crippen LogP contribution in [0.1, 0.15) is 12.8 Å². The average molecular weight is 368 g/mol. The topological polar surface area (TPSA) is 86.7 Å². The lowest BCUT2D eigenvalue weighted by Gasteiger charge is -2.09. The summed E-state index contributed by atoms with van der Waals surface area (Å²) in [6, 6.07) is 0. The third-order valence-electron chi connectivity index (χ3n) is 1.59. The van der Waals surface area contributed by atoms with E-state index in [-0.39, 0.29) is 0 Å². The van der Waals surface area contributed by atoms with Gasteiger partial charge >= 0.3 is 12.4 Å². The van der Waals surface area contributed by atoms with Gasteiger partial charge in [0.05, 0.1) is 26.1 Å². The van der Waals surface area contributed by atoms with Gasteiger partial charge in [-0.1, -0.05) is 0 Å². The molecule has 6 nitrogen and oxygen atoms in total. The van der Waals surface area contributed by atoms with Gasteiger partial charge in [0, 0.05) is 0 Å². The maximum Gasteiger partial charge on any atom is 0.391 e. The zero-order valence-electron chi connectivity index (χ0n) is 10.1. The van der Waals surface area contributed by atoms with Crippen LogP contribution >= 0.6 is 0 Å². The summed E-state index contributed by atoms with van der Waals surface area (Å²) >= 11 is 0. The second-order valence-electron chi connectivity index (χ2n) is 3.61. The molecule has 0 aromatic rings. The second-order valence-corrected chi connectivity index (χ2v) is 7.25. The summed E-state index contributed by atoms with van der Waals surface area (Å²) in [4.78, 5) is 0. The number of hydrogen-bond donors (Lipinski definition) is 0. The summed E-state index contributed by atoms with van der Waals surface area (Å²) < 4.78 is 122. The molecule has 0 radical (unpaired) electrons. The Morgan fingerprint density at radius 1 is 0.667 bits per heavy atom. The van der Waals surface area contributed by atoms with Gasteiger partial charge in [-0.25, -0.2) is 0 Å². The Balaban J connectivity index is 4.36. The van der Waals surface area contributed by atoms with E-state index in [1.54, 1.807) is 0 Å². The first kappa shape index (κ1) is 20.4. The van der Waals surface area contributed by atoms with Crippen molar-refractivity contribution in [2.24, 2.45) is 0 Å². The van der Waals surface area contributed by atoms with Crippen molar-refractivity contribution in [1.29, 1.82) is 0 Å². The number of hydrogen-bond acceptors (Lipinski definition) is 6. The third-order valence-corrected chi connectivity index (χ3v) is 4.95. The van der Waals surface area contributed by atoms with E-state index in [1.165, 1.54) is 0 Å². The molecule has 0 aliphatic carbocycles. The molecule has 0 aromatic carbocycles. The van der Waals surface area contributed by atoms with Crippen molar-refractivity contribution in [3.63, 3.8) is 0 Å². The normalized spacial score (nSPS) is 14.4. The molecule has 0 aliphatic heterocycles. The number of alkyl halides is 6. The van der Waals surface area contributed by atoms with Gasteiger partial charge in [-0.15, -0.1) is 0 Å². The van der Waals surface area contributed by atoms with Gasteiger partial charge in [-0.05, 0) is 0 Å². The first-order valence-electron chi connectivity index (χ1n) is 5.00. The van der Waals surface area contributed by atoms with E-state index in [0.717, 1.165) is 0 Å². The lowest BCUT2D eigenvalue weighted by atomic mass is 10.5. The summed E-state index contributed by atoms with van der Waals surface area (Å²) in [6.07, 6.45) is -12.7. The lowest BCUT2D eigenvalue weighted by Crippen LogP contribution is -2.24. The SMILES string of the molecule is O=S(=O)(CS(=O)(=O)OCCC(F)(F)F)OCCC(F)(F)F. The van der Waals surface area contributed by atoms with Crippen LogP contribution in [0.15, 0.2) is 0 Å². The molecule has 0 spiro atoms. The Morgan fingerprint density at radius 3 is 1.19 bits per heavy atom. The summed E-state index contributed by atoms with van der Waals surface area (Å²) in [7, 11) is -9.84. The highest BCUT2D eigenvalue weighted by molar-refractivity contribution is 8.03. The Hall–Kier alpha value is -0.600. The maximum absolute atomic E-state index is 11.7. The first-order valence-corrected chi connectivity index (χ1v) is 8.15. The predicted octanol–water partition coefficient (Wildman–Crippen LogP) is 1.54. The monoisotopic (exact) mass is 368 g/mol. The zero-order chi connectivity index (χ0) is 16.9. The zero-order valence-corrected chi connectivity index (χ0v) is 11.7. The molecule has 0 aromatic heterocycles. The summed E-state index contributed by atoms with van der Waals surface area (Å²) in [6.45, 7) is -2.69. The van der Waals surface area contributed by atoms with E-state index >= 15 is 0 Å². The molecule has 0 saturated carbocycles. The van der Waals surface area contributed by atoms with Crippen LogP contribution in [0.5, 0.6) is 0 Å². The second kappa shape index (κ2) is 7.11. The fraction of sp³-hybridized carbons (Fsp3) is 1.00. The Kier molecular flexibility index (Phi) is 6.90. The molecule has 0 N–H and O–H groups in total. The predicted molar refractivity (Wildman–Crippen MR) is 56.0 cm³/mol. The highest BCUT2D eigenvalue weighted by Gasteiger charge is 2.31. The van der Waals surface area contributed by atoms with Gasteiger partial charge < -0.3 is 0 Å². The van der Waals surface area contributed by atoms with Crippen LogP contribution in [0.3, 0.4) is 0 Å². The molecule has 0 fully saturated rings. The smallest absolute Gasteiger partial charge is 0.269 e. The van der Waals surface area contributed by atoms with Gasteiger partial charge in [0.15, 0.2) is 0 Å². The lowest BCUT2D eigenvalue weighted by molar-refractivity contribution is -0.140. The van der Waals surface area contributed by atoms with E-state index in [9.17, 15) is 43.2 Å². The van der Waals surface area contributed by atoms with Crippen LogP contribution in [-0.2, 0) is 28.6 Å². The fourth-order valence-corrected chi connectivity index (χ4v) is 3.45. The van der Waals surface area contributed by atoms with Crippen molar-refractivity contribution in [2.75, 3.05) is 18.3 Å². The molecule has 0 atom stereocenters. The van der Waals surface area contributed by atoms with Crippen molar-refractivity contribution in [1.82, 2.24) is 0 Å². The third kappa shape index (κ3) is 12.8. The molecule has 21 heavy (non-hydrogen) atoms. The molecule has 0 rings (SSSR count). The number of rotatable bonds is 8. The summed E-state index contributed by atoms with van der Waals surface area (Å²) in [5.41, 5.74) is 0. The minimum atomic E-state index is -4.92. The molecular weight excluding hydrogens is 358 g/mol. The van der Waals surface area contributed by atoms with Crippen LogP contribution in [0, 0.1) is 0 Å². The van der Waals surface area contributed by atoms with E-state index in [1.807, 2.05) is 0 Å². The summed E-state index contributed by atoms with van der Waals surface area (Å²) in [5, 5.41) is -1.88. The van der Waals surface area contributed by atoms with Crippen LogP contribution in [0.25, 0.3) is 0 Å². The van der Waals surface area contributed by atoms with Crippen LogP contribution in [-0.4, -0.2) is 47.5 Å². The van der Waals surface area contributed by atoms with E-state index < -0.39 is 63.7 Å². The van der Waals surface area contributed by atoms with Crippen LogP contribution < -0.4 is 0 Å². The van der Waals surface area contributed by atoms with Gasteiger partial charge in [0.1, 0.15) is 0 Å². The summed E-state index contributed by atoms with van der Waals surface area (Å²) in [5.74, 6) is 0. The molecule has 0 amide bonds. The van der Waals surface area contributed by atoms with Gasteiger partial charge in [0.2, 0.25) is 5.08 Å². The minimum Gasteiger partial charge on any atom is -0.269 e. The Bertz CT molecular complexity index is 471. The Morgan fingerprint density at radius 2 is 0.952 bits per heavy atom. The van der Waals surface area contributed by atoms with Crippen LogP contribution in [0.4, 0.5) is 26.3 Å². The van der Waals surface area contributed by atoms with Crippen molar-refractivity contribution in [3.8, 4) is 0 Å². The Labute approximate surface area is 116 Å². The highest BCUT2D eigenvalue weighted by atomic mass is 32.3. The quantitative estimate of drug-likeness (QED) is 0.477. The van der Waals surface area contributed by atoms with Crippen molar-refractivity contribution in [3.05, 3.63) is 0 Å². The minimum absolute atomic E-state index is 1.34. The van der Waals surface area contributed by atoms with Crippen LogP contribution in [0.2, 0.25) is 0 Å². The van der Waals surface area contributed by atoms with Gasteiger partial charge in [-0.3, -0.25) is 8.37 Å².